The highest BCUT2D eigenvalue weighted by atomic mass is 32.2. The predicted molar refractivity (Wildman–Crippen MR) is 93.8 cm³/mol. The first kappa shape index (κ1) is 18.9. The molecule has 0 radical (unpaired) electrons. The number of carbonyl (C=O) groups is 1. The van der Waals surface area contributed by atoms with E-state index in [4.69, 9.17) is 5.73 Å². The van der Waals surface area contributed by atoms with Crippen LogP contribution in [0.15, 0.2) is 29.2 Å². The highest BCUT2D eigenvalue weighted by Crippen LogP contribution is 2.24. The van der Waals surface area contributed by atoms with E-state index in [0.717, 1.165) is 31.2 Å². The molecule has 1 saturated carbocycles. The third-order valence-electron chi connectivity index (χ3n) is 4.60. The van der Waals surface area contributed by atoms with E-state index in [-0.39, 0.29) is 28.8 Å². The maximum Gasteiger partial charge on any atom is 0.242 e. The van der Waals surface area contributed by atoms with Crippen LogP contribution in [0.2, 0.25) is 0 Å². The fourth-order valence-electron chi connectivity index (χ4n) is 3.02. The Labute approximate surface area is 144 Å². The number of amides is 1. The normalized spacial score (nSPS) is 23.0. The third kappa shape index (κ3) is 4.34. The molecule has 1 aliphatic carbocycles. The van der Waals surface area contributed by atoms with Gasteiger partial charge in [-0.2, -0.15) is 0 Å². The first-order valence-electron chi connectivity index (χ1n) is 8.30. The molecular weight excluding hydrogens is 326 g/mol. The van der Waals surface area contributed by atoms with Crippen LogP contribution >= 0.6 is 0 Å². The number of rotatable bonds is 5. The molecule has 3 unspecified atom stereocenters. The number of nitrogens with two attached hydrogens (primary N) is 1. The molecule has 3 N–H and O–H groups in total. The SMILES string of the molecule is CC(NC(=O)C1CCCC(N)C1)c1ccc(S(=O)(=O)N(C)C)cc1. The summed E-state index contributed by atoms with van der Waals surface area (Å²) >= 11 is 0. The zero-order valence-corrected chi connectivity index (χ0v) is 15.3. The summed E-state index contributed by atoms with van der Waals surface area (Å²) in [6, 6.07) is 6.57. The van der Waals surface area contributed by atoms with Crippen molar-refractivity contribution in [3.05, 3.63) is 29.8 Å². The zero-order chi connectivity index (χ0) is 17.9. The van der Waals surface area contributed by atoms with Crippen LogP contribution in [-0.4, -0.2) is 38.8 Å². The van der Waals surface area contributed by atoms with Gasteiger partial charge < -0.3 is 11.1 Å². The monoisotopic (exact) mass is 353 g/mol. The van der Waals surface area contributed by atoms with Crippen molar-refractivity contribution < 1.29 is 13.2 Å². The predicted octanol–water partition coefficient (Wildman–Crippen LogP) is 1.63. The summed E-state index contributed by atoms with van der Waals surface area (Å²) in [5.41, 5.74) is 6.82. The number of nitrogens with zero attached hydrogens (tertiary/aromatic N) is 1. The van der Waals surface area contributed by atoms with Crippen LogP contribution in [0.3, 0.4) is 0 Å². The lowest BCUT2D eigenvalue weighted by molar-refractivity contribution is -0.126. The molecule has 0 saturated heterocycles. The summed E-state index contributed by atoms with van der Waals surface area (Å²) in [6.45, 7) is 1.90. The van der Waals surface area contributed by atoms with Crippen LogP contribution in [0.25, 0.3) is 0 Å². The quantitative estimate of drug-likeness (QED) is 0.841. The summed E-state index contributed by atoms with van der Waals surface area (Å²) in [5, 5.41) is 3.01. The summed E-state index contributed by atoms with van der Waals surface area (Å²) < 4.78 is 25.3. The number of sulfonamides is 1. The van der Waals surface area contributed by atoms with Crippen LogP contribution in [-0.2, 0) is 14.8 Å². The van der Waals surface area contributed by atoms with Crippen molar-refractivity contribution in [3.63, 3.8) is 0 Å². The van der Waals surface area contributed by atoms with Gasteiger partial charge in [0.1, 0.15) is 0 Å². The van der Waals surface area contributed by atoms with E-state index < -0.39 is 10.0 Å². The minimum Gasteiger partial charge on any atom is -0.349 e. The molecular formula is C17H27N3O3S. The topological polar surface area (TPSA) is 92.5 Å². The first-order valence-corrected chi connectivity index (χ1v) is 9.74. The van der Waals surface area contributed by atoms with E-state index in [1.807, 2.05) is 6.92 Å². The highest BCUT2D eigenvalue weighted by molar-refractivity contribution is 7.89. The van der Waals surface area contributed by atoms with Gasteiger partial charge in [-0.05, 0) is 43.9 Å². The third-order valence-corrected chi connectivity index (χ3v) is 6.43. The van der Waals surface area contributed by atoms with Crippen molar-refractivity contribution in [2.75, 3.05) is 14.1 Å². The van der Waals surface area contributed by atoms with Gasteiger partial charge in [-0.1, -0.05) is 18.6 Å². The zero-order valence-electron chi connectivity index (χ0n) is 14.5. The van der Waals surface area contributed by atoms with Crippen LogP contribution in [0.1, 0.15) is 44.2 Å². The molecule has 0 spiro atoms. The van der Waals surface area contributed by atoms with E-state index in [0.29, 0.717) is 0 Å². The van der Waals surface area contributed by atoms with Crippen LogP contribution in [0, 0.1) is 5.92 Å². The van der Waals surface area contributed by atoms with Crippen molar-refractivity contribution >= 4 is 15.9 Å². The fraction of sp³-hybridized carbons (Fsp3) is 0.588. The molecule has 0 aromatic heterocycles. The molecule has 1 amide bonds. The lowest BCUT2D eigenvalue weighted by atomic mass is 9.85. The molecule has 24 heavy (non-hydrogen) atoms. The molecule has 0 heterocycles. The molecule has 0 aliphatic heterocycles. The molecule has 0 bridgehead atoms. The van der Waals surface area contributed by atoms with Gasteiger partial charge in [-0.25, -0.2) is 12.7 Å². The molecule has 1 aromatic rings. The highest BCUT2D eigenvalue weighted by Gasteiger charge is 2.26. The van der Waals surface area contributed by atoms with Gasteiger partial charge in [0.25, 0.3) is 0 Å². The smallest absolute Gasteiger partial charge is 0.242 e. The molecule has 1 fully saturated rings. The minimum atomic E-state index is -3.43. The fourth-order valence-corrected chi connectivity index (χ4v) is 3.92. The van der Waals surface area contributed by atoms with E-state index >= 15 is 0 Å². The summed E-state index contributed by atoms with van der Waals surface area (Å²) in [5.74, 6) is 0.00670. The van der Waals surface area contributed by atoms with Crippen LogP contribution in [0.4, 0.5) is 0 Å². The second-order valence-corrected chi connectivity index (χ2v) is 8.86. The average Bonchev–Trinajstić information content (AvgIpc) is 2.54. The van der Waals surface area contributed by atoms with Gasteiger partial charge in [0.05, 0.1) is 10.9 Å². The number of hydrogen-bond donors (Lipinski definition) is 2. The number of nitrogens with one attached hydrogen (secondary N) is 1. The van der Waals surface area contributed by atoms with Crippen molar-refractivity contribution in [3.8, 4) is 0 Å². The second-order valence-electron chi connectivity index (χ2n) is 6.71. The average molecular weight is 353 g/mol. The van der Waals surface area contributed by atoms with Gasteiger partial charge >= 0.3 is 0 Å². The Balaban J connectivity index is 2.02. The van der Waals surface area contributed by atoms with Gasteiger partial charge in [0, 0.05) is 26.1 Å². The Morgan fingerprint density at radius 2 is 1.88 bits per heavy atom. The summed E-state index contributed by atoms with van der Waals surface area (Å²) in [6.07, 6.45) is 3.59. The Hall–Kier alpha value is -1.44. The number of hydrogen-bond acceptors (Lipinski definition) is 4. The van der Waals surface area contributed by atoms with Gasteiger partial charge in [-0.3, -0.25) is 4.79 Å². The largest absolute Gasteiger partial charge is 0.349 e. The van der Waals surface area contributed by atoms with Crippen molar-refractivity contribution in [1.29, 1.82) is 0 Å². The van der Waals surface area contributed by atoms with E-state index in [1.165, 1.54) is 18.4 Å². The molecule has 2 rings (SSSR count). The Kier molecular flexibility index (Phi) is 6.01. The van der Waals surface area contributed by atoms with Gasteiger partial charge in [0.15, 0.2) is 0 Å². The Morgan fingerprint density at radius 1 is 1.25 bits per heavy atom. The molecule has 1 aliphatic rings. The van der Waals surface area contributed by atoms with Crippen molar-refractivity contribution in [2.24, 2.45) is 11.7 Å². The van der Waals surface area contributed by atoms with E-state index in [9.17, 15) is 13.2 Å². The van der Waals surface area contributed by atoms with Gasteiger partial charge in [0.2, 0.25) is 15.9 Å². The first-order chi connectivity index (χ1) is 11.2. The molecule has 6 nitrogen and oxygen atoms in total. The molecule has 3 atom stereocenters. The molecule has 7 heteroatoms. The number of carbonyl (C=O) groups excluding carboxylic acids is 1. The van der Waals surface area contributed by atoms with E-state index in [1.54, 1.807) is 24.3 Å². The van der Waals surface area contributed by atoms with Crippen LogP contribution in [0.5, 0.6) is 0 Å². The number of benzene rings is 1. The minimum absolute atomic E-state index is 0.0235. The lowest BCUT2D eigenvalue weighted by Gasteiger charge is -2.27. The van der Waals surface area contributed by atoms with Crippen molar-refractivity contribution in [1.82, 2.24) is 9.62 Å². The Bertz CT molecular complexity index is 671. The molecule has 134 valence electrons. The summed E-state index contributed by atoms with van der Waals surface area (Å²) in [7, 11) is -0.432. The lowest BCUT2D eigenvalue weighted by Crippen LogP contribution is -2.38. The second kappa shape index (κ2) is 7.63. The molecule has 1 aromatic carbocycles. The standard InChI is InChI=1S/C17H27N3O3S/c1-12(19-17(21)14-5-4-6-15(18)11-14)13-7-9-16(10-8-13)24(22,23)20(2)3/h7-10,12,14-15H,4-6,11,18H2,1-3H3,(H,19,21). The van der Waals surface area contributed by atoms with E-state index in [2.05, 4.69) is 5.32 Å². The van der Waals surface area contributed by atoms with Crippen molar-refractivity contribution in [2.45, 2.75) is 49.6 Å². The maximum absolute atomic E-state index is 12.4. The Morgan fingerprint density at radius 3 is 2.42 bits per heavy atom. The maximum atomic E-state index is 12.4. The van der Waals surface area contributed by atoms with Gasteiger partial charge in [-0.15, -0.1) is 0 Å². The van der Waals surface area contributed by atoms with Crippen LogP contribution < -0.4 is 11.1 Å². The summed E-state index contributed by atoms with van der Waals surface area (Å²) in [4.78, 5) is 12.6.